The summed E-state index contributed by atoms with van der Waals surface area (Å²) < 4.78 is 38.3. The molecule has 2 atom stereocenters. The van der Waals surface area contributed by atoms with E-state index in [1.54, 1.807) is 32.2 Å². The Morgan fingerprint density at radius 3 is 2.96 bits per heavy atom. The number of pyridine rings is 1. The highest BCUT2D eigenvalue weighted by Gasteiger charge is 2.27. The van der Waals surface area contributed by atoms with Gasteiger partial charge in [0, 0.05) is 36.6 Å². The average molecular weight is 374 g/mol. The number of aryl methyl sites for hydroxylation is 1. The molecule has 0 fully saturated rings. The number of fused-ring (bicyclic) bond motifs is 1. The molecule has 0 saturated carbocycles. The molecule has 0 spiro atoms. The maximum absolute atomic E-state index is 13.5. The van der Waals surface area contributed by atoms with Gasteiger partial charge in [0.1, 0.15) is 27.4 Å². The number of rotatable bonds is 2. The zero-order chi connectivity index (χ0) is 19.1. The first-order valence-corrected chi connectivity index (χ1v) is 9.09. The summed E-state index contributed by atoms with van der Waals surface area (Å²) >= 11 is 0. The molecule has 0 radical (unpaired) electrons. The second-order valence-electron chi connectivity index (χ2n) is 5.82. The molecular formula is C16H15FN6O2S. The normalized spacial score (nSPS) is 21.5. The second kappa shape index (κ2) is 6.36. The van der Waals surface area contributed by atoms with Crippen LogP contribution >= 0.6 is 0 Å². The Balaban J connectivity index is 2.05. The van der Waals surface area contributed by atoms with Crippen LogP contribution in [-0.2, 0) is 17.0 Å². The number of anilines is 1. The van der Waals surface area contributed by atoms with Crippen molar-refractivity contribution in [2.24, 2.45) is 7.05 Å². The summed E-state index contributed by atoms with van der Waals surface area (Å²) in [6.07, 6.45) is 4.80. The van der Waals surface area contributed by atoms with Gasteiger partial charge < -0.3 is 9.88 Å². The maximum atomic E-state index is 13.5. The molecule has 1 unspecified atom stereocenters. The largest absolute Gasteiger partial charge is 0.345 e. The second-order valence-corrected chi connectivity index (χ2v) is 7.61. The molecule has 0 bridgehead atoms. The van der Waals surface area contributed by atoms with Crippen molar-refractivity contribution in [1.29, 1.82) is 10.0 Å². The molecule has 8 nitrogen and oxygen atoms in total. The van der Waals surface area contributed by atoms with Gasteiger partial charge >= 0.3 is 0 Å². The Hall–Kier alpha value is -3.03. The number of amides is 1. The molecule has 3 rings (SSSR count). The lowest BCUT2D eigenvalue weighted by molar-refractivity contribution is 0.101. The van der Waals surface area contributed by atoms with Crippen molar-refractivity contribution >= 4 is 27.6 Å². The van der Waals surface area contributed by atoms with E-state index in [-0.39, 0.29) is 28.0 Å². The number of aromatic nitrogens is 2. The minimum atomic E-state index is -3.28. The van der Waals surface area contributed by atoms with Gasteiger partial charge in [0.2, 0.25) is 5.95 Å². The molecule has 0 aliphatic carbocycles. The summed E-state index contributed by atoms with van der Waals surface area (Å²) in [4.78, 5) is 16.3. The molecule has 2 aromatic heterocycles. The summed E-state index contributed by atoms with van der Waals surface area (Å²) in [5, 5.41) is 11.4. The van der Waals surface area contributed by atoms with Crippen LogP contribution in [0.3, 0.4) is 0 Å². The summed E-state index contributed by atoms with van der Waals surface area (Å²) in [5.74, 6) is -1.48. The highest BCUT2D eigenvalue weighted by molar-refractivity contribution is 7.90. The standard InChI is InChI=1S/C16H15FN6O2S/c1-9-3-4-12-13(26(19,25)22-9)8-23(2)15(12)16(24)21-10-5-11(7-18)20-14(17)6-10/h3-6,8-9H,1-2H3,(H2,19,22,25)(H,20,21,24)/t9-,26?/m1/s1. The molecular weight excluding hydrogens is 359 g/mol. The maximum Gasteiger partial charge on any atom is 0.272 e. The highest BCUT2D eigenvalue weighted by atomic mass is 32.2. The fraction of sp³-hybridized carbons (Fsp3) is 0.188. The molecule has 10 heteroatoms. The number of carbonyl (C=O) groups is 1. The molecule has 26 heavy (non-hydrogen) atoms. The van der Waals surface area contributed by atoms with Crippen molar-refractivity contribution in [1.82, 2.24) is 14.3 Å². The third kappa shape index (κ3) is 3.22. The molecule has 0 aromatic carbocycles. The smallest absolute Gasteiger partial charge is 0.272 e. The Labute approximate surface area is 149 Å². The topological polar surface area (TPSA) is 124 Å². The molecule has 1 aliphatic rings. The van der Waals surface area contributed by atoms with Crippen LogP contribution in [-0.4, -0.2) is 25.7 Å². The fourth-order valence-corrected chi connectivity index (χ4v) is 4.22. The predicted octanol–water partition coefficient (Wildman–Crippen LogP) is 2.01. The zero-order valence-corrected chi connectivity index (χ0v) is 14.7. The molecule has 134 valence electrons. The molecule has 1 aliphatic heterocycles. The molecule has 2 aromatic rings. The van der Waals surface area contributed by atoms with Gasteiger partial charge in [-0.2, -0.15) is 9.65 Å². The van der Waals surface area contributed by atoms with Crippen LogP contribution < -0.4 is 10.0 Å². The summed E-state index contributed by atoms with van der Waals surface area (Å²) in [7, 11) is -1.69. The quantitative estimate of drug-likeness (QED) is 0.696. The number of nitrogens with zero attached hydrogens (tertiary/aromatic N) is 3. The van der Waals surface area contributed by atoms with Crippen molar-refractivity contribution < 1.29 is 13.4 Å². The zero-order valence-electron chi connectivity index (χ0n) is 13.9. The van der Waals surface area contributed by atoms with Gasteiger partial charge in [-0.05, 0) is 13.0 Å². The van der Waals surface area contributed by atoms with E-state index < -0.39 is 21.8 Å². The molecule has 3 N–H and O–H groups in total. The van der Waals surface area contributed by atoms with Crippen LogP contribution in [0.2, 0.25) is 0 Å². The van der Waals surface area contributed by atoms with Gasteiger partial charge in [-0.1, -0.05) is 12.2 Å². The number of nitriles is 1. The van der Waals surface area contributed by atoms with Gasteiger partial charge in [0.15, 0.2) is 0 Å². The van der Waals surface area contributed by atoms with Crippen LogP contribution in [0.25, 0.3) is 6.08 Å². The van der Waals surface area contributed by atoms with E-state index in [2.05, 4.69) is 15.0 Å². The van der Waals surface area contributed by atoms with Crippen molar-refractivity contribution in [2.45, 2.75) is 17.9 Å². The number of carbonyl (C=O) groups excluding carboxylic acids is 1. The van der Waals surface area contributed by atoms with Crippen LogP contribution in [0.15, 0.2) is 29.3 Å². The number of hydrogen-bond donors (Lipinski definition) is 3. The third-order valence-corrected chi connectivity index (χ3v) is 5.43. The monoisotopic (exact) mass is 374 g/mol. The lowest BCUT2D eigenvalue weighted by Gasteiger charge is -2.09. The van der Waals surface area contributed by atoms with E-state index in [0.717, 1.165) is 6.07 Å². The average Bonchev–Trinajstić information content (AvgIpc) is 2.84. The number of hydrogen-bond acceptors (Lipinski definition) is 5. The minimum Gasteiger partial charge on any atom is -0.345 e. The Bertz CT molecular complexity index is 1080. The SMILES string of the molecule is C[C@@H]1C=Cc2c(cn(C)c2C(=O)Nc2cc(F)nc(C#N)c2)S(=N)(=O)N1. The van der Waals surface area contributed by atoms with Crippen LogP contribution in [0.5, 0.6) is 0 Å². The van der Waals surface area contributed by atoms with Crippen LogP contribution in [0.1, 0.15) is 28.7 Å². The molecule has 1 amide bonds. The first-order chi connectivity index (χ1) is 12.2. The first-order valence-electron chi connectivity index (χ1n) is 7.54. The lowest BCUT2D eigenvalue weighted by atomic mass is 10.2. The lowest BCUT2D eigenvalue weighted by Crippen LogP contribution is -2.29. The molecule has 3 heterocycles. The number of nitrogens with one attached hydrogen (secondary N) is 3. The predicted molar refractivity (Wildman–Crippen MR) is 93.0 cm³/mol. The van der Waals surface area contributed by atoms with E-state index in [1.807, 2.05) is 0 Å². The van der Waals surface area contributed by atoms with Crippen LogP contribution in [0.4, 0.5) is 10.1 Å². The Morgan fingerprint density at radius 2 is 2.27 bits per heavy atom. The summed E-state index contributed by atoms with van der Waals surface area (Å²) in [6, 6.07) is 3.65. The van der Waals surface area contributed by atoms with Gasteiger partial charge in [-0.15, -0.1) is 0 Å². The van der Waals surface area contributed by atoms with Crippen LogP contribution in [0, 0.1) is 22.1 Å². The van der Waals surface area contributed by atoms with Gasteiger partial charge in [-0.3, -0.25) is 4.79 Å². The van der Waals surface area contributed by atoms with E-state index in [0.29, 0.717) is 5.56 Å². The Kier molecular flexibility index (Phi) is 4.35. The number of halogens is 1. The Morgan fingerprint density at radius 1 is 1.54 bits per heavy atom. The van der Waals surface area contributed by atoms with E-state index in [4.69, 9.17) is 10.0 Å². The van der Waals surface area contributed by atoms with Crippen molar-refractivity contribution in [2.75, 3.05) is 5.32 Å². The third-order valence-electron chi connectivity index (χ3n) is 3.78. The fourth-order valence-electron chi connectivity index (χ4n) is 2.71. The highest BCUT2D eigenvalue weighted by Crippen LogP contribution is 2.27. The minimum absolute atomic E-state index is 0.0738. The first kappa shape index (κ1) is 17.8. The van der Waals surface area contributed by atoms with E-state index in [1.165, 1.54) is 16.8 Å². The van der Waals surface area contributed by atoms with Crippen molar-refractivity contribution in [3.05, 3.63) is 47.3 Å². The summed E-state index contributed by atoms with van der Waals surface area (Å²) in [6.45, 7) is 1.75. The summed E-state index contributed by atoms with van der Waals surface area (Å²) in [5.41, 5.74) is 0.433. The van der Waals surface area contributed by atoms with E-state index in [9.17, 15) is 13.4 Å². The van der Waals surface area contributed by atoms with E-state index >= 15 is 0 Å². The van der Waals surface area contributed by atoms with Crippen molar-refractivity contribution in [3.63, 3.8) is 0 Å². The van der Waals surface area contributed by atoms with Crippen molar-refractivity contribution in [3.8, 4) is 6.07 Å². The van der Waals surface area contributed by atoms with Gasteiger partial charge in [0.25, 0.3) is 5.91 Å². The molecule has 0 saturated heterocycles. The van der Waals surface area contributed by atoms with Gasteiger partial charge in [0.05, 0.1) is 4.90 Å². The van der Waals surface area contributed by atoms with Gasteiger partial charge in [-0.25, -0.2) is 18.7 Å².